The first-order valence-electron chi connectivity index (χ1n) is 12.4. The topological polar surface area (TPSA) is 37.4 Å². The van der Waals surface area contributed by atoms with E-state index < -0.39 is 0 Å². The van der Waals surface area contributed by atoms with Crippen LogP contribution in [0.3, 0.4) is 0 Å². The monoisotopic (exact) mass is 419 g/mol. The van der Waals surface area contributed by atoms with Gasteiger partial charge in [0.15, 0.2) is 0 Å². The van der Waals surface area contributed by atoms with Gasteiger partial charge in [0.1, 0.15) is 0 Å². The maximum absolute atomic E-state index is 6.42. The predicted octanol–water partition coefficient (Wildman–Crippen LogP) is 5.39. The summed E-state index contributed by atoms with van der Waals surface area (Å²) in [6, 6.07) is 15.8. The molecule has 5 rings (SSSR count). The van der Waals surface area contributed by atoms with E-state index in [0.717, 1.165) is 45.5 Å². The molecular formula is C27H37N3O. The molecular weight excluding hydrogens is 382 g/mol. The minimum atomic E-state index is 0.0921. The fourth-order valence-corrected chi connectivity index (χ4v) is 6.45. The number of hydrogen-bond donors (Lipinski definition) is 1. The van der Waals surface area contributed by atoms with Crippen LogP contribution in [-0.4, -0.2) is 36.8 Å². The summed E-state index contributed by atoms with van der Waals surface area (Å²) in [7, 11) is 0. The minimum absolute atomic E-state index is 0.0921. The van der Waals surface area contributed by atoms with Gasteiger partial charge in [-0.15, -0.1) is 0 Å². The van der Waals surface area contributed by atoms with Crippen LogP contribution < -0.4 is 10.2 Å². The molecule has 1 spiro atoms. The van der Waals surface area contributed by atoms with Gasteiger partial charge in [-0.25, -0.2) is 0 Å². The van der Waals surface area contributed by atoms with Crippen LogP contribution in [0.1, 0.15) is 75.6 Å². The smallest absolute Gasteiger partial charge is 0.0691 e. The van der Waals surface area contributed by atoms with Crippen molar-refractivity contribution in [1.29, 1.82) is 0 Å². The van der Waals surface area contributed by atoms with Crippen molar-refractivity contribution in [3.8, 4) is 0 Å². The Morgan fingerprint density at radius 2 is 1.94 bits per heavy atom. The SMILES string of the molecule is CCN1CC[C@@H](NCC[C@@]2(c3ccccn3)CCOC3(CCCC3)C2)c2ccccc21. The average molecular weight is 420 g/mol. The first-order valence-corrected chi connectivity index (χ1v) is 12.4. The third-order valence-electron chi connectivity index (χ3n) is 8.09. The Bertz CT molecular complexity index is 864. The summed E-state index contributed by atoms with van der Waals surface area (Å²) < 4.78 is 6.42. The van der Waals surface area contributed by atoms with Gasteiger partial charge in [-0.05, 0) is 75.8 Å². The number of hydrogen-bond acceptors (Lipinski definition) is 4. The number of fused-ring (bicyclic) bond motifs is 1. The molecule has 0 radical (unpaired) electrons. The first-order chi connectivity index (χ1) is 15.2. The second kappa shape index (κ2) is 8.91. The van der Waals surface area contributed by atoms with E-state index in [-0.39, 0.29) is 11.0 Å². The summed E-state index contributed by atoms with van der Waals surface area (Å²) in [4.78, 5) is 7.37. The molecule has 0 unspecified atom stereocenters. The number of para-hydroxylation sites is 1. The van der Waals surface area contributed by atoms with Crippen molar-refractivity contribution >= 4 is 5.69 Å². The Morgan fingerprint density at radius 1 is 1.10 bits per heavy atom. The van der Waals surface area contributed by atoms with Crippen LogP contribution in [0.5, 0.6) is 0 Å². The summed E-state index contributed by atoms with van der Waals surface area (Å²) in [6.07, 6.45) is 11.5. The molecule has 2 aromatic rings. The molecule has 2 atom stereocenters. The van der Waals surface area contributed by atoms with E-state index in [1.165, 1.54) is 49.0 Å². The van der Waals surface area contributed by atoms with E-state index in [9.17, 15) is 0 Å². The molecule has 1 saturated heterocycles. The van der Waals surface area contributed by atoms with Crippen molar-refractivity contribution < 1.29 is 4.74 Å². The highest BCUT2D eigenvalue weighted by Gasteiger charge is 2.48. The van der Waals surface area contributed by atoms with Gasteiger partial charge in [-0.1, -0.05) is 37.1 Å². The second-order valence-electron chi connectivity index (χ2n) is 9.84. The normalized spacial score (nSPS) is 27.4. The fourth-order valence-electron chi connectivity index (χ4n) is 6.45. The number of ether oxygens (including phenoxy) is 1. The number of pyridine rings is 1. The lowest BCUT2D eigenvalue weighted by Gasteiger charge is -2.46. The predicted molar refractivity (Wildman–Crippen MR) is 127 cm³/mol. The van der Waals surface area contributed by atoms with E-state index in [4.69, 9.17) is 9.72 Å². The zero-order valence-corrected chi connectivity index (χ0v) is 19.0. The van der Waals surface area contributed by atoms with Crippen molar-refractivity contribution in [2.24, 2.45) is 0 Å². The Morgan fingerprint density at radius 3 is 2.74 bits per heavy atom. The molecule has 1 aliphatic carbocycles. The van der Waals surface area contributed by atoms with Crippen LogP contribution in [0.25, 0.3) is 0 Å². The fraction of sp³-hybridized carbons (Fsp3) is 0.593. The maximum Gasteiger partial charge on any atom is 0.0691 e. The van der Waals surface area contributed by atoms with Gasteiger partial charge in [0.2, 0.25) is 0 Å². The molecule has 4 heteroatoms. The van der Waals surface area contributed by atoms with Crippen LogP contribution in [0.4, 0.5) is 5.69 Å². The molecule has 31 heavy (non-hydrogen) atoms. The van der Waals surface area contributed by atoms with Gasteiger partial charge in [-0.2, -0.15) is 0 Å². The van der Waals surface area contributed by atoms with E-state index in [0.29, 0.717) is 6.04 Å². The van der Waals surface area contributed by atoms with Crippen molar-refractivity contribution in [2.45, 2.75) is 75.3 Å². The Kier molecular flexibility index (Phi) is 6.03. The Balaban J connectivity index is 1.33. The van der Waals surface area contributed by atoms with Gasteiger partial charge >= 0.3 is 0 Å². The molecule has 4 nitrogen and oxygen atoms in total. The lowest BCUT2D eigenvalue weighted by atomic mass is 9.68. The van der Waals surface area contributed by atoms with Crippen molar-refractivity contribution in [1.82, 2.24) is 10.3 Å². The molecule has 3 heterocycles. The lowest BCUT2D eigenvalue weighted by Crippen LogP contribution is -2.47. The Hall–Kier alpha value is -1.91. The molecule has 0 amide bonds. The van der Waals surface area contributed by atoms with Gasteiger partial charge in [-0.3, -0.25) is 4.98 Å². The molecule has 1 aromatic heterocycles. The molecule has 1 N–H and O–H groups in total. The summed E-state index contributed by atoms with van der Waals surface area (Å²) in [5, 5.41) is 3.95. The Labute approximate surface area is 187 Å². The van der Waals surface area contributed by atoms with Gasteiger partial charge < -0.3 is 15.0 Å². The van der Waals surface area contributed by atoms with E-state index in [2.05, 4.69) is 53.5 Å². The van der Waals surface area contributed by atoms with Crippen LogP contribution in [0.2, 0.25) is 0 Å². The number of anilines is 1. The number of rotatable bonds is 6. The van der Waals surface area contributed by atoms with Gasteiger partial charge in [0.25, 0.3) is 0 Å². The standard InChI is InChI=1S/C27H37N3O/c1-2-30-19-12-23(22-9-3-4-10-24(22)30)28-18-15-26(25-11-5-8-17-29-25)16-20-31-27(21-26)13-6-7-14-27/h3-5,8-11,17,23,28H,2,6-7,12-16,18-21H2,1H3/t23-,26-/m1/s1. The zero-order chi connectivity index (χ0) is 21.2. The first kappa shape index (κ1) is 21.0. The van der Waals surface area contributed by atoms with E-state index in [1.54, 1.807) is 0 Å². The molecule has 0 bridgehead atoms. The quantitative estimate of drug-likeness (QED) is 0.681. The molecule has 3 aliphatic rings. The molecule has 166 valence electrons. The summed E-state index contributed by atoms with van der Waals surface area (Å²) in [5.41, 5.74) is 4.36. The lowest BCUT2D eigenvalue weighted by molar-refractivity contribution is -0.104. The molecule has 1 saturated carbocycles. The van der Waals surface area contributed by atoms with E-state index in [1.807, 2.05) is 12.3 Å². The average Bonchev–Trinajstić information content (AvgIpc) is 3.27. The van der Waals surface area contributed by atoms with Crippen LogP contribution in [0.15, 0.2) is 48.7 Å². The summed E-state index contributed by atoms with van der Waals surface area (Å²) in [5.74, 6) is 0. The number of nitrogens with one attached hydrogen (secondary N) is 1. The molecule has 2 fully saturated rings. The molecule has 1 aromatic carbocycles. The highest BCUT2D eigenvalue weighted by Crippen LogP contribution is 2.49. The summed E-state index contributed by atoms with van der Waals surface area (Å²) >= 11 is 0. The third-order valence-corrected chi connectivity index (χ3v) is 8.09. The number of aromatic nitrogens is 1. The third kappa shape index (κ3) is 4.12. The van der Waals surface area contributed by atoms with Gasteiger partial charge in [0, 0.05) is 48.7 Å². The minimum Gasteiger partial charge on any atom is -0.375 e. The van der Waals surface area contributed by atoms with Crippen molar-refractivity contribution in [3.05, 3.63) is 59.9 Å². The highest BCUT2D eigenvalue weighted by molar-refractivity contribution is 5.56. The number of benzene rings is 1. The maximum atomic E-state index is 6.42. The van der Waals surface area contributed by atoms with Crippen LogP contribution >= 0.6 is 0 Å². The molecule has 2 aliphatic heterocycles. The second-order valence-corrected chi connectivity index (χ2v) is 9.84. The largest absolute Gasteiger partial charge is 0.375 e. The number of nitrogens with zero attached hydrogens (tertiary/aromatic N) is 2. The highest BCUT2D eigenvalue weighted by atomic mass is 16.5. The van der Waals surface area contributed by atoms with Crippen LogP contribution in [0, 0.1) is 0 Å². The van der Waals surface area contributed by atoms with Crippen LogP contribution in [-0.2, 0) is 10.2 Å². The summed E-state index contributed by atoms with van der Waals surface area (Å²) in [6.45, 7) is 6.36. The van der Waals surface area contributed by atoms with E-state index >= 15 is 0 Å². The van der Waals surface area contributed by atoms with Crippen molar-refractivity contribution in [3.63, 3.8) is 0 Å². The van der Waals surface area contributed by atoms with Crippen molar-refractivity contribution in [2.75, 3.05) is 31.1 Å². The zero-order valence-electron chi connectivity index (χ0n) is 19.0. The van der Waals surface area contributed by atoms with Gasteiger partial charge in [0.05, 0.1) is 5.60 Å².